The summed E-state index contributed by atoms with van der Waals surface area (Å²) in [5, 5.41) is 19.8. The zero-order valence-electron chi connectivity index (χ0n) is 8.02. The van der Waals surface area contributed by atoms with Crippen LogP contribution in [0.1, 0.15) is 5.56 Å². The number of methoxy groups -OCH3 is 1. The van der Waals surface area contributed by atoms with Gasteiger partial charge in [0, 0.05) is 0 Å². The largest absolute Gasteiger partial charge is 0.480 e. The summed E-state index contributed by atoms with van der Waals surface area (Å²) in [5.41, 5.74) is 1.88. The van der Waals surface area contributed by atoms with Crippen molar-refractivity contribution in [1.82, 2.24) is 4.98 Å². The Labute approximate surface area is 91.0 Å². The summed E-state index contributed by atoms with van der Waals surface area (Å²) < 4.78 is 5.89. The highest BCUT2D eigenvalue weighted by molar-refractivity contribution is 7.18. The molecule has 2 aromatic heterocycles. The fraction of sp³-hybridized carbons (Fsp3) is 0.111. The van der Waals surface area contributed by atoms with Crippen LogP contribution in [0.5, 0.6) is 5.88 Å². The molecule has 1 N–H and O–H groups in total. The highest BCUT2D eigenvalue weighted by Crippen LogP contribution is 2.23. The molecule has 2 heterocycles. The summed E-state index contributed by atoms with van der Waals surface area (Å²) in [7, 11) is 1.42. The van der Waals surface area contributed by atoms with Crippen LogP contribution >= 0.6 is 11.3 Å². The van der Waals surface area contributed by atoms with E-state index in [4.69, 9.17) is 15.0 Å². The number of thiophene rings is 1. The van der Waals surface area contributed by atoms with Crippen LogP contribution in [0.4, 0.5) is 0 Å². The lowest BCUT2D eigenvalue weighted by atomic mass is 9.91. The summed E-state index contributed by atoms with van der Waals surface area (Å²) in [5.74, 6) is 0.304. The SMILES string of the molecule is COc1nc2c(BO)csc2cc1C#N. The third kappa shape index (κ3) is 1.56. The van der Waals surface area contributed by atoms with E-state index in [0.717, 1.165) is 10.2 Å². The molecule has 0 bridgehead atoms. The normalized spacial score (nSPS) is 9.93. The van der Waals surface area contributed by atoms with E-state index in [2.05, 4.69) is 4.98 Å². The molecule has 74 valence electrons. The minimum Gasteiger partial charge on any atom is -0.480 e. The molecular weight excluding hydrogens is 211 g/mol. The maximum Gasteiger partial charge on any atom is 0.307 e. The van der Waals surface area contributed by atoms with Gasteiger partial charge in [-0.1, -0.05) is 0 Å². The van der Waals surface area contributed by atoms with E-state index in [1.54, 1.807) is 6.07 Å². The van der Waals surface area contributed by atoms with Gasteiger partial charge in [-0.05, 0) is 16.9 Å². The van der Waals surface area contributed by atoms with Crippen LogP contribution < -0.4 is 10.2 Å². The molecule has 0 aliphatic carbocycles. The van der Waals surface area contributed by atoms with Gasteiger partial charge in [-0.25, -0.2) is 4.98 Å². The first-order chi connectivity index (χ1) is 7.30. The monoisotopic (exact) mass is 218 g/mol. The fourth-order valence-electron chi connectivity index (χ4n) is 1.34. The van der Waals surface area contributed by atoms with E-state index in [0.29, 0.717) is 17.0 Å². The average molecular weight is 218 g/mol. The molecule has 0 amide bonds. The Bertz CT molecular complexity index is 547. The Hall–Kier alpha value is -1.58. The molecule has 0 saturated carbocycles. The number of fused-ring (bicyclic) bond motifs is 1. The van der Waals surface area contributed by atoms with Gasteiger partial charge in [-0.15, -0.1) is 11.3 Å². The first-order valence-corrected chi connectivity index (χ1v) is 5.14. The van der Waals surface area contributed by atoms with Crippen LogP contribution in [-0.2, 0) is 0 Å². The van der Waals surface area contributed by atoms with Crippen molar-refractivity contribution in [3.63, 3.8) is 0 Å². The molecule has 15 heavy (non-hydrogen) atoms. The number of pyridine rings is 1. The molecular formula is C9H7BN2O2S. The first-order valence-electron chi connectivity index (χ1n) is 4.26. The Morgan fingerprint density at radius 2 is 2.47 bits per heavy atom. The topological polar surface area (TPSA) is 66.1 Å². The quantitative estimate of drug-likeness (QED) is 0.728. The molecule has 0 atom stereocenters. The lowest BCUT2D eigenvalue weighted by molar-refractivity contribution is 0.398. The Balaban J connectivity index is 2.73. The zero-order valence-corrected chi connectivity index (χ0v) is 8.84. The fourth-order valence-corrected chi connectivity index (χ4v) is 2.27. The summed E-state index contributed by atoms with van der Waals surface area (Å²) in [6.07, 6.45) is 0. The second-order valence-corrected chi connectivity index (χ2v) is 3.83. The van der Waals surface area contributed by atoms with Crippen molar-refractivity contribution in [2.24, 2.45) is 0 Å². The lowest BCUT2D eigenvalue weighted by Crippen LogP contribution is -2.12. The molecule has 0 spiro atoms. The van der Waals surface area contributed by atoms with Gasteiger partial charge in [-0.3, -0.25) is 0 Å². The van der Waals surface area contributed by atoms with Gasteiger partial charge in [0.2, 0.25) is 5.88 Å². The van der Waals surface area contributed by atoms with Gasteiger partial charge < -0.3 is 9.76 Å². The van der Waals surface area contributed by atoms with Gasteiger partial charge in [0.05, 0.1) is 17.3 Å². The van der Waals surface area contributed by atoms with E-state index >= 15 is 0 Å². The Kier molecular flexibility index (Phi) is 2.58. The second kappa shape index (κ2) is 3.89. The number of hydrogen-bond donors (Lipinski definition) is 1. The summed E-state index contributed by atoms with van der Waals surface area (Å²) >= 11 is 1.46. The summed E-state index contributed by atoms with van der Waals surface area (Å²) in [6, 6.07) is 3.75. The zero-order chi connectivity index (χ0) is 10.8. The molecule has 0 fully saturated rings. The number of rotatable bonds is 2. The third-order valence-corrected chi connectivity index (χ3v) is 3.04. The maximum atomic E-state index is 9.08. The average Bonchev–Trinajstić information content (AvgIpc) is 2.68. The van der Waals surface area contributed by atoms with Crippen LogP contribution in [0.15, 0.2) is 11.4 Å². The molecule has 0 aromatic carbocycles. The molecule has 2 rings (SSSR count). The smallest absolute Gasteiger partial charge is 0.307 e. The van der Waals surface area contributed by atoms with Gasteiger partial charge >= 0.3 is 7.48 Å². The van der Waals surface area contributed by atoms with E-state index in [1.807, 2.05) is 11.4 Å². The molecule has 0 saturated heterocycles. The predicted molar refractivity (Wildman–Crippen MR) is 59.9 cm³/mol. The standard InChI is InChI=1S/C9H7BN2O2S/c1-14-9-5(3-11)2-7-8(12-9)6(10-13)4-15-7/h2,4,10,13H,1H3. The first kappa shape index (κ1) is 9.96. The van der Waals surface area contributed by atoms with Crippen molar-refractivity contribution < 1.29 is 9.76 Å². The van der Waals surface area contributed by atoms with Crippen LogP contribution in [0.3, 0.4) is 0 Å². The van der Waals surface area contributed by atoms with Crippen molar-refractivity contribution in [3.8, 4) is 11.9 Å². The van der Waals surface area contributed by atoms with E-state index in [1.165, 1.54) is 18.4 Å². The van der Waals surface area contributed by atoms with E-state index in [-0.39, 0.29) is 7.48 Å². The van der Waals surface area contributed by atoms with Crippen LogP contribution in [0, 0.1) is 11.3 Å². The maximum absolute atomic E-state index is 9.08. The van der Waals surface area contributed by atoms with Crippen LogP contribution in [0.2, 0.25) is 0 Å². The predicted octanol–water partition coefficient (Wildman–Crippen LogP) is 0.146. The van der Waals surface area contributed by atoms with E-state index in [9.17, 15) is 0 Å². The van der Waals surface area contributed by atoms with Gasteiger partial charge in [0.25, 0.3) is 0 Å². The molecule has 6 heteroatoms. The van der Waals surface area contributed by atoms with Gasteiger partial charge in [-0.2, -0.15) is 5.26 Å². The Morgan fingerprint density at radius 1 is 1.67 bits per heavy atom. The molecule has 4 nitrogen and oxygen atoms in total. The second-order valence-electron chi connectivity index (χ2n) is 2.92. The van der Waals surface area contributed by atoms with Crippen molar-refractivity contribution in [3.05, 3.63) is 17.0 Å². The molecule has 0 unspecified atom stereocenters. The summed E-state index contributed by atoms with van der Waals surface area (Å²) in [4.78, 5) is 4.20. The molecule has 0 aliphatic heterocycles. The van der Waals surface area contributed by atoms with Crippen LogP contribution in [-0.4, -0.2) is 24.6 Å². The van der Waals surface area contributed by atoms with Crippen LogP contribution in [0.25, 0.3) is 10.2 Å². The molecule has 0 aliphatic rings. The van der Waals surface area contributed by atoms with Gasteiger partial charge in [0.15, 0.2) is 0 Å². The summed E-state index contributed by atoms with van der Waals surface area (Å²) in [6.45, 7) is 0. The number of nitriles is 1. The molecule has 2 aromatic rings. The number of ether oxygens (including phenoxy) is 1. The third-order valence-electron chi connectivity index (χ3n) is 2.07. The number of nitrogens with zero attached hydrogens (tertiary/aromatic N) is 2. The highest BCUT2D eigenvalue weighted by Gasteiger charge is 2.11. The highest BCUT2D eigenvalue weighted by atomic mass is 32.1. The van der Waals surface area contributed by atoms with Crippen molar-refractivity contribution in [2.45, 2.75) is 0 Å². The minimum absolute atomic E-state index is 0.0535. The minimum atomic E-state index is -0.0535. The molecule has 0 radical (unpaired) electrons. The van der Waals surface area contributed by atoms with Gasteiger partial charge in [0.1, 0.15) is 11.6 Å². The van der Waals surface area contributed by atoms with Crippen molar-refractivity contribution >= 4 is 34.5 Å². The van der Waals surface area contributed by atoms with Crippen molar-refractivity contribution in [1.29, 1.82) is 5.26 Å². The van der Waals surface area contributed by atoms with Crippen molar-refractivity contribution in [2.75, 3.05) is 7.11 Å². The number of hydrogen-bond acceptors (Lipinski definition) is 5. The number of aromatic nitrogens is 1. The van der Waals surface area contributed by atoms with E-state index < -0.39 is 0 Å². The lowest BCUT2D eigenvalue weighted by Gasteiger charge is -2.01. The Morgan fingerprint density at radius 3 is 3.07 bits per heavy atom.